The van der Waals surface area contributed by atoms with Crippen LogP contribution in [0.5, 0.6) is 0 Å². The highest BCUT2D eigenvalue weighted by molar-refractivity contribution is 7.94. The summed E-state index contributed by atoms with van der Waals surface area (Å²) in [7, 11) is 0. The fraction of sp³-hybridized carbons (Fsp3) is 0.857. The lowest BCUT2D eigenvalue weighted by atomic mass is 10.1. The quantitative estimate of drug-likeness (QED) is 0.621. The lowest BCUT2D eigenvalue weighted by molar-refractivity contribution is -0.153. The molecular formula is C7H13FO2S. The first-order valence-electron chi connectivity index (χ1n) is 3.47. The molecule has 0 fully saturated rings. The molecule has 0 aromatic carbocycles. The van der Waals surface area contributed by atoms with E-state index in [9.17, 15) is 8.68 Å². The molecule has 0 aliphatic carbocycles. The van der Waals surface area contributed by atoms with Crippen molar-refractivity contribution in [3.63, 3.8) is 0 Å². The van der Waals surface area contributed by atoms with Gasteiger partial charge >= 0.3 is 5.97 Å². The molecule has 0 heterocycles. The second kappa shape index (κ2) is 4.59. The standard InChI is InChI=1S/C7H13FO2S/c1-4-7(2,3)10-6(9)5-11-8/h4-5H2,1-3H3. The maximum absolute atomic E-state index is 11.5. The second-order valence-electron chi connectivity index (χ2n) is 2.84. The van der Waals surface area contributed by atoms with Crippen LogP contribution in [0.1, 0.15) is 27.2 Å². The van der Waals surface area contributed by atoms with Gasteiger partial charge in [0.05, 0.1) is 12.1 Å². The predicted octanol–water partition coefficient (Wildman–Crippen LogP) is 2.34. The van der Waals surface area contributed by atoms with Crippen molar-refractivity contribution in [1.82, 2.24) is 0 Å². The Bertz CT molecular complexity index is 136. The number of ether oxygens (including phenoxy) is 1. The summed E-state index contributed by atoms with van der Waals surface area (Å²) < 4.78 is 16.5. The third kappa shape index (κ3) is 5.07. The summed E-state index contributed by atoms with van der Waals surface area (Å²) in [5, 5.41) is 0. The molecule has 2 nitrogen and oxygen atoms in total. The van der Waals surface area contributed by atoms with Crippen LogP contribution in [0, 0.1) is 0 Å². The number of carbonyl (C=O) groups is 1. The van der Waals surface area contributed by atoms with Crippen LogP contribution in [0.4, 0.5) is 3.89 Å². The van der Waals surface area contributed by atoms with Gasteiger partial charge in [0.25, 0.3) is 0 Å². The molecule has 0 bridgehead atoms. The van der Waals surface area contributed by atoms with Crippen molar-refractivity contribution in [2.75, 3.05) is 5.75 Å². The minimum absolute atomic E-state index is 0.0136. The first kappa shape index (κ1) is 10.8. The van der Waals surface area contributed by atoms with Crippen molar-refractivity contribution in [2.24, 2.45) is 0 Å². The Labute approximate surface area is 70.8 Å². The van der Waals surface area contributed by atoms with Crippen molar-refractivity contribution in [3.05, 3.63) is 0 Å². The van der Waals surface area contributed by atoms with Crippen molar-refractivity contribution < 1.29 is 13.4 Å². The van der Waals surface area contributed by atoms with E-state index in [0.29, 0.717) is 0 Å². The molecule has 0 radical (unpaired) electrons. The van der Waals surface area contributed by atoms with Crippen LogP contribution >= 0.6 is 12.1 Å². The number of esters is 1. The van der Waals surface area contributed by atoms with Crippen LogP contribution in [0.15, 0.2) is 0 Å². The lowest BCUT2D eigenvalue weighted by Gasteiger charge is -2.22. The Hall–Kier alpha value is -0.250. The highest BCUT2D eigenvalue weighted by Crippen LogP contribution is 2.14. The zero-order chi connectivity index (χ0) is 8.91. The highest BCUT2D eigenvalue weighted by Gasteiger charge is 2.19. The molecule has 0 aliphatic rings. The average Bonchev–Trinajstić information content (AvgIpc) is 1.87. The van der Waals surface area contributed by atoms with E-state index in [4.69, 9.17) is 4.74 Å². The van der Waals surface area contributed by atoms with Gasteiger partial charge in [-0.25, -0.2) is 0 Å². The zero-order valence-electron chi connectivity index (χ0n) is 7.02. The summed E-state index contributed by atoms with van der Waals surface area (Å²) in [5.41, 5.74) is -0.465. The van der Waals surface area contributed by atoms with Gasteiger partial charge in [-0.2, -0.15) is 3.89 Å². The van der Waals surface area contributed by atoms with Crippen molar-refractivity contribution in [2.45, 2.75) is 32.8 Å². The number of carbonyl (C=O) groups excluding carboxylic acids is 1. The van der Waals surface area contributed by atoms with E-state index < -0.39 is 11.6 Å². The third-order valence-electron chi connectivity index (χ3n) is 1.41. The molecule has 0 N–H and O–H groups in total. The molecule has 0 unspecified atom stereocenters. The van der Waals surface area contributed by atoms with Gasteiger partial charge in [-0.3, -0.25) is 4.79 Å². The van der Waals surface area contributed by atoms with Crippen LogP contribution in [0.2, 0.25) is 0 Å². The summed E-state index contributed by atoms with van der Waals surface area (Å²) in [6.45, 7) is 5.51. The molecule has 0 saturated heterocycles. The number of hydrogen-bond donors (Lipinski definition) is 0. The van der Waals surface area contributed by atoms with E-state index in [2.05, 4.69) is 0 Å². The van der Waals surface area contributed by atoms with Gasteiger partial charge in [0.15, 0.2) is 0 Å². The third-order valence-corrected chi connectivity index (χ3v) is 1.76. The minimum atomic E-state index is -0.496. The molecule has 0 amide bonds. The SMILES string of the molecule is CCC(C)(C)OC(=O)CSF. The van der Waals surface area contributed by atoms with Gasteiger partial charge in [0, 0.05) is 0 Å². The van der Waals surface area contributed by atoms with Gasteiger partial charge in [0.1, 0.15) is 11.4 Å². The van der Waals surface area contributed by atoms with Crippen LogP contribution in [0.3, 0.4) is 0 Å². The second-order valence-corrected chi connectivity index (χ2v) is 3.35. The summed E-state index contributed by atoms with van der Waals surface area (Å²) in [4.78, 5) is 10.7. The average molecular weight is 180 g/mol. The Morgan fingerprint density at radius 2 is 2.18 bits per heavy atom. The maximum Gasteiger partial charge on any atom is 0.319 e. The number of halogens is 1. The fourth-order valence-corrected chi connectivity index (χ4v) is 0.602. The molecule has 0 rings (SSSR count). The molecule has 0 atom stereocenters. The molecule has 0 saturated carbocycles. The predicted molar refractivity (Wildman–Crippen MR) is 44.0 cm³/mol. The maximum atomic E-state index is 11.5. The van der Waals surface area contributed by atoms with E-state index in [1.807, 2.05) is 6.92 Å². The smallest absolute Gasteiger partial charge is 0.319 e. The highest BCUT2D eigenvalue weighted by atomic mass is 32.2. The van der Waals surface area contributed by atoms with E-state index in [-0.39, 0.29) is 17.9 Å². The molecule has 0 aromatic heterocycles. The van der Waals surface area contributed by atoms with E-state index in [1.54, 1.807) is 13.8 Å². The van der Waals surface area contributed by atoms with Crippen molar-refractivity contribution in [1.29, 1.82) is 0 Å². The molecule has 66 valence electrons. The largest absolute Gasteiger partial charge is 0.459 e. The molecule has 0 aromatic rings. The minimum Gasteiger partial charge on any atom is -0.459 e. The van der Waals surface area contributed by atoms with Gasteiger partial charge in [-0.05, 0) is 20.3 Å². The van der Waals surface area contributed by atoms with E-state index >= 15 is 0 Å². The molecule has 0 spiro atoms. The van der Waals surface area contributed by atoms with Crippen LogP contribution in [-0.2, 0) is 9.53 Å². The topological polar surface area (TPSA) is 26.3 Å². The summed E-state index contributed by atoms with van der Waals surface area (Å²) in [6, 6.07) is 0. The van der Waals surface area contributed by atoms with Crippen LogP contribution in [-0.4, -0.2) is 17.3 Å². The van der Waals surface area contributed by atoms with Gasteiger partial charge < -0.3 is 4.74 Å². The van der Waals surface area contributed by atoms with Gasteiger partial charge in [-0.15, -0.1) is 0 Å². The van der Waals surface area contributed by atoms with Crippen LogP contribution < -0.4 is 0 Å². The number of hydrogen-bond acceptors (Lipinski definition) is 3. The first-order valence-corrected chi connectivity index (χ1v) is 4.36. The molecule has 11 heavy (non-hydrogen) atoms. The zero-order valence-corrected chi connectivity index (χ0v) is 7.83. The van der Waals surface area contributed by atoms with Crippen LogP contribution in [0.25, 0.3) is 0 Å². The summed E-state index contributed by atoms with van der Waals surface area (Å²) in [5.74, 6) is -0.715. The number of rotatable bonds is 4. The van der Waals surface area contributed by atoms with Gasteiger partial charge in [-0.1, -0.05) is 6.92 Å². The Kier molecular flexibility index (Phi) is 4.49. The molecule has 0 aliphatic heterocycles. The summed E-state index contributed by atoms with van der Waals surface area (Å²) >= 11 is -0.0136. The van der Waals surface area contributed by atoms with Crippen molar-refractivity contribution in [3.8, 4) is 0 Å². The Morgan fingerprint density at radius 1 is 1.64 bits per heavy atom. The molecule has 4 heteroatoms. The monoisotopic (exact) mass is 180 g/mol. The summed E-state index contributed by atoms with van der Waals surface area (Å²) in [6.07, 6.45) is 0.732. The Morgan fingerprint density at radius 3 is 2.55 bits per heavy atom. The van der Waals surface area contributed by atoms with Crippen molar-refractivity contribution >= 4 is 18.1 Å². The normalized spacial score (nSPS) is 11.3. The van der Waals surface area contributed by atoms with E-state index in [0.717, 1.165) is 6.42 Å². The lowest BCUT2D eigenvalue weighted by Crippen LogP contribution is -2.27. The molecular weight excluding hydrogens is 167 g/mol. The van der Waals surface area contributed by atoms with Gasteiger partial charge in [0.2, 0.25) is 0 Å². The Balaban J connectivity index is 3.74. The fourth-order valence-electron chi connectivity index (χ4n) is 0.454. The van der Waals surface area contributed by atoms with E-state index in [1.165, 1.54) is 0 Å². The first-order chi connectivity index (χ1) is 5.02.